The lowest BCUT2D eigenvalue weighted by atomic mass is 10.1. The van der Waals surface area contributed by atoms with Crippen molar-refractivity contribution >= 4 is 5.91 Å². The van der Waals surface area contributed by atoms with Crippen LogP contribution in [0.5, 0.6) is 0 Å². The number of amides is 1. The maximum absolute atomic E-state index is 13.2. The minimum Gasteiger partial charge on any atom is -0.338 e. The Balaban J connectivity index is 2.16. The normalized spacial score (nSPS) is 17.6. The van der Waals surface area contributed by atoms with Gasteiger partial charge in [-0.05, 0) is 25.0 Å². The number of hydrogen-bond acceptors (Lipinski definition) is 1. The van der Waals surface area contributed by atoms with E-state index in [0.717, 1.165) is 12.1 Å². The van der Waals surface area contributed by atoms with Gasteiger partial charge in [0.1, 0.15) is 11.4 Å². The maximum Gasteiger partial charge on any atom is 0.411 e. The Labute approximate surface area is 94.6 Å². The number of benzene rings is 1. The first kappa shape index (κ1) is 11.9. The molecule has 0 unspecified atom stereocenters. The average Bonchev–Trinajstić information content (AvgIpc) is 2.98. The summed E-state index contributed by atoms with van der Waals surface area (Å²) in [5.41, 5.74) is -2.53. The molecule has 2 nitrogen and oxygen atoms in total. The summed E-state index contributed by atoms with van der Waals surface area (Å²) in [6, 6.07) is 4.94. The van der Waals surface area contributed by atoms with Crippen molar-refractivity contribution < 1.29 is 22.4 Å². The van der Waals surface area contributed by atoms with Crippen molar-refractivity contribution in [3.05, 3.63) is 35.6 Å². The zero-order valence-corrected chi connectivity index (χ0v) is 8.64. The fourth-order valence-corrected chi connectivity index (χ4v) is 1.53. The first-order valence-electron chi connectivity index (χ1n) is 4.99. The van der Waals surface area contributed by atoms with E-state index < -0.39 is 23.4 Å². The lowest BCUT2D eigenvalue weighted by molar-refractivity contribution is -0.163. The molecule has 17 heavy (non-hydrogen) atoms. The predicted molar refractivity (Wildman–Crippen MR) is 51.9 cm³/mol. The molecule has 1 aliphatic carbocycles. The van der Waals surface area contributed by atoms with Crippen molar-refractivity contribution in [2.45, 2.75) is 24.6 Å². The van der Waals surface area contributed by atoms with E-state index in [9.17, 15) is 22.4 Å². The van der Waals surface area contributed by atoms with Gasteiger partial charge in [0.25, 0.3) is 5.91 Å². The Bertz CT molecular complexity index is 451. The van der Waals surface area contributed by atoms with Gasteiger partial charge in [-0.1, -0.05) is 12.1 Å². The molecular weight excluding hydrogens is 238 g/mol. The van der Waals surface area contributed by atoms with Gasteiger partial charge in [0.05, 0.1) is 5.56 Å². The summed E-state index contributed by atoms with van der Waals surface area (Å²) in [7, 11) is 0. The number of rotatable bonds is 2. The van der Waals surface area contributed by atoms with E-state index >= 15 is 0 Å². The van der Waals surface area contributed by atoms with Crippen molar-refractivity contribution in [2.75, 3.05) is 0 Å². The van der Waals surface area contributed by atoms with Gasteiger partial charge >= 0.3 is 6.18 Å². The Morgan fingerprint density at radius 2 is 1.82 bits per heavy atom. The molecule has 0 radical (unpaired) electrons. The highest BCUT2D eigenvalue weighted by atomic mass is 19.4. The molecule has 0 aliphatic heterocycles. The van der Waals surface area contributed by atoms with Crippen LogP contribution < -0.4 is 5.32 Å². The second kappa shape index (κ2) is 3.72. The molecule has 1 aliphatic rings. The van der Waals surface area contributed by atoms with Crippen molar-refractivity contribution in [1.29, 1.82) is 0 Å². The van der Waals surface area contributed by atoms with Crippen LogP contribution in [0.3, 0.4) is 0 Å². The van der Waals surface area contributed by atoms with E-state index in [0.29, 0.717) is 0 Å². The predicted octanol–water partition coefficient (Wildman–Crippen LogP) is 2.65. The van der Waals surface area contributed by atoms with Gasteiger partial charge in [-0.2, -0.15) is 13.2 Å². The number of carbonyl (C=O) groups is 1. The van der Waals surface area contributed by atoms with Crippen LogP contribution in [-0.4, -0.2) is 17.6 Å². The summed E-state index contributed by atoms with van der Waals surface area (Å²) in [5.74, 6) is -1.86. The summed E-state index contributed by atoms with van der Waals surface area (Å²) in [5, 5.41) is 1.86. The van der Waals surface area contributed by atoms with E-state index in [4.69, 9.17) is 0 Å². The Kier molecular flexibility index (Phi) is 2.60. The maximum atomic E-state index is 13.2. The smallest absolute Gasteiger partial charge is 0.338 e. The molecule has 1 N–H and O–H groups in total. The third-order valence-electron chi connectivity index (χ3n) is 2.76. The van der Waals surface area contributed by atoms with Crippen LogP contribution in [0.4, 0.5) is 17.6 Å². The molecule has 6 heteroatoms. The summed E-state index contributed by atoms with van der Waals surface area (Å²) >= 11 is 0. The van der Waals surface area contributed by atoms with Gasteiger partial charge in [-0.3, -0.25) is 4.79 Å². The third kappa shape index (κ3) is 2.11. The first-order valence-corrected chi connectivity index (χ1v) is 4.99. The molecule has 92 valence electrons. The second-order valence-corrected chi connectivity index (χ2v) is 4.01. The molecule has 0 heterocycles. The minimum atomic E-state index is -4.49. The van der Waals surface area contributed by atoms with Gasteiger partial charge in [0.2, 0.25) is 0 Å². The van der Waals surface area contributed by atoms with Crippen LogP contribution in [0.15, 0.2) is 24.3 Å². The largest absolute Gasteiger partial charge is 0.411 e. The Morgan fingerprint density at radius 3 is 2.29 bits per heavy atom. The molecule has 0 spiro atoms. The van der Waals surface area contributed by atoms with E-state index in [2.05, 4.69) is 0 Å². The van der Waals surface area contributed by atoms with Crippen molar-refractivity contribution in [1.82, 2.24) is 5.32 Å². The fourth-order valence-electron chi connectivity index (χ4n) is 1.53. The SMILES string of the molecule is O=C(NC1(C(F)(F)F)CC1)c1ccccc1F. The molecular formula is C11H9F4NO. The molecule has 0 saturated heterocycles. The van der Waals surface area contributed by atoms with E-state index in [1.54, 1.807) is 0 Å². The minimum absolute atomic E-state index is 0.156. The molecule has 1 saturated carbocycles. The second-order valence-electron chi connectivity index (χ2n) is 4.01. The highest BCUT2D eigenvalue weighted by molar-refractivity contribution is 5.95. The van der Waals surface area contributed by atoms with Crippen LogP contribution in [-0.2, 0) is 0 Å². The van der Waals surface area contributed by atoms with Gasteiger partial charge < -0.3 is 5.32 Å². The highest BCUT2D eigenvalue weighted by Crippen LogP contribution is 2.49. The van der Waals surface area contributed by atoms with Crippen LogP contribution in [0.2, 0.25) is 0 Å². The van der Waals surface area contributed by atoms with Crippen molar-refractivity contribution in [3.63, 3.8) is 0 Å². The molecule has 0 aromatic heterocycles. The number of carbonyl (C=O) groups excluding carboxylic acids is 1. The molecule has 0 bridgehead atoms. The first-order chi connectivity index (χ1) is 7.86. The van der Waals surface area contributed by atoms with E-state index in [-0.39, 0.29) is 18.4 Å². The lowest BCUT2D eigenvalue weighted by Crippen LogP contribution is -2.48. The highest BCUT2D eigenvalue weighted by Gasteiger charge is 2.64. The fraction of sp³-hybridized carbons (Fsp3) is 0.364. The Morgan fingerprint density at radius 1 is 1.24 bits per heavy atom. The number of nitrogens with one attached hydrogen (secondary N) is 1. The number of hydrogen-bond donors (Lipinski definition) is 1. The monoisotopic (exact) mass is 247 g/mol. The zero-order chi connectivity index (χ0) is 12.7. The van der Waals surface area contributed by atoms with Gasteiger partial charge in [-0.15, -0.1) is 0 Å². The number of alkyl halides is 3. The summed E-state index contributed by atoms with van der Waals surface area (Å²) in [4.78, 5) is 11.5. The van der Waals surface area contributed by atoms with Crippen molar-refractivity contribution in [3.8, 4) is 0 Å². The standard InChI is InChI=1S/C11H9F4NO/c12-8-4-2-1-3-7(8)9(17)16-10(5-6-10)11(13,14)15/h1-4H,5-6H2,(H,16,17). The van der Waals surface area contributed by atoms with Gasteiger partial charge in [-0.25, -0.2) is 4.39 Å². The average molecular weight is 247 g/mol. The molecule has 2 rings (SSSR count). The van der Waals surface area contributed by atoms with Crippen LogP contribution in [0.25, 0.3) is 0 Å². The number of halogens is 4. The topological polar surface area (TPSA) is 29.1 Å². The Hall–Kier alpha value is -1.59. The van der Waals surface area contributed by atoms with Crippen LogP contribution in [0, 0.1) is 5.82 Å². The zero-order valence-electron chi connectivity index (χ0n) is 8.64. The molecule has 1 aromatic carbocycles. The van der Waals surface area contributed by atoms with Crippen molar-refractivity contribution in [2.24, 2.45) is 0 Å². The quantitative estimate of drug-likeness (QED) is 0.800. The van der Waals surface area contributed by atoms with E-state index in [1.165, 1.54) is 12.1 Å². The van der Waals surface area contributed by atoms with Gasteiger partial charge in [0.15, 0.2) is 0 Å². The molecule has 1 aromatic rings. The van der Waals surface area contributed by atoms with E-state index in [1.807, 2.05) is 5.32 Å². The summed E-state index contributed by atoms with van der Waals surface area (Å²) < 4.78 is 50.9. The van der Waals surface area contributed by atoms with Crippen LogP contribution in [0.1, 0.15) is 23.2 Å². The van der Waals surface area contributed by atoms with Gasteiger partial charge in [0, 0.05) is 0 Å². The molecule has 0 atom stereocenters. The lowest BCUT2D eigenvalue weighted by Gasteiger charge is -2.20. The van der Waals surface area contributed by atoms with Crippen LogP contribution >= 0.6 is 0 Å². The third-order valence-corrected chi connectivity index (χ3v) is 2.76. The molecule has 1 fully saturated rings. The summed E-state index contributed by atoms with van der Waals surface area (Å²) in [6.45, 7) is 0. The molecule has 1 amide bonds. The summed E-state index contributed by atoms with van der Waals surface area (Å²) in [6.07, 6.45) is -4.80.